The molecule has 0 radical (unpaired) electrons. The second-order valence-electron chi connectivity index (χ2n) is 10.8. The van der Waals surface area contributed by atoms with Gasteiger partial charge in [0.1, 0.15) is 0 Å². The first kappa shape index (κ1) is 28.4. The summed E-state index contributed by atoms with van der Waals surface area (Å²) in [5, 5.41) is 0. The molecule has 6 rings (SSSR count). The lowest BCUT2D eigenvalue weighted by Gasteiger charge is -2.13. The van der Waals surface area contributed by atoms with Gasteiger partial charge in [-0.2, -0.15) is 0 Å². The zero-order valence-electron chi connectivity index (χ0n) is 24.2. The first-order valence-corrected chi connectivity index (χ1v) is 14.6. The zero-order valence-corrected chi connectivity index (χ0v) is 24.2. The molecular weight excluding hydrogens is 540 g/mol. The molecule has 3 heteroatoms. The first-order chi connectivity index (χ1) is 21.5. The van der Waals surface area contributed by atoms with E-state index in [2.05, 4.69) is 6.07 Å². The quantitative estimate of drug-likeness (QED) is 0.155. The standard InChI is InChI=1S/C41H30O3/c42-39(32-10-4-1-5-11-32)35-21-16-29(17-22-35)26-31-20-25-37(38(28-31)41(44)34-14-8-3-9-15-34)27-30-18-23-36(24-19-30)40(43)33-12-6-2-7-13-33/h1-25,28H,26-27H2. The lowest BCUT2D eigenvalue weighted by atomic mass is 9.90. The Hall–Kier alpha value is -5.67. The molecule has 0 aliphatic carbocycles. The van der Waals surface area contributed by atoms with Crippen LogP contribution >= 0.6 is 0 Å². The Morgan fingerprint density at radius 2 is 0.705 bits per heavy atom. The Morgan fingerprint density at radius 1 is 0.341 bits per heavy atom. The maximum Gasteiger partial charge on any atom is 0.193 e. The van der Waals surface area contributed by atoms with Crippen molar-refractivity contribution in [2.75, 3.05) is 0 Å². The number of ketones is 3. The van der Waals surface area contributed by atoms with Crippen molar-refractivity contribution in [3.8, 4) is 0 Å². The Kier molecular flexibility index (Phi) is 8.47. The van der Waals surface area contributed by atoms with Crippen LogP contribution in [0.25, 0.3) is 0 Å². The summed E-state index contributed by atoms with van der Waals surface area (Å²) in [6, 6.07) is 49.2. The highest BCUT2D eigenvalue weighted by Gasteiger charge is 2.16. The molecule has 212 valence electrons. The molecule has 0 atom stereocenters. The average Bonchev–Trinajstić information content (AvgIpc) is 3.10. The van der Waals surface area contributed by atoms with Gasteiger partial charge in [0.05, 0.1) is 0 Å². The van der Waals surface area contributed by atoms with E-state index in [1.807, 2.05) is 152 Å². The highest BCUT2D eigenvalue weighted by atomic mass is 16.1. The van der Waals surface area contributed by atoms with Crippen molar-refractivity contribution in [1.82, 2.24) is 0 Å². The van der Waals surface area contributed by atoms with Gasteiger partial charge in [-0.1, -0.05) is 152 Å². The van der Waals surface area contributed by atoms with Crippen molar-refractivity contribution in [2.45, 2.75) is 12.8 Å². The van der Waals surface area contributed by atoms with Gasteiger partial charge in [0.2, 0.25) is 0 Å². The highest BCUT2D eigenvalue weighted by Crippen LogP contribution is 2.23. The van der Waals surface area contributed by atoms with Crippen LogP contribution in [-0.2, 0) is 12.8 Å². The number of carbonyl (C=O) groups excluding carboxylic acids is 3. The van der Waals surface area contributed by atoms with E-state index in [0.717, 1.165) is 22.3 Å². The molecule has 6 aromatic carbocycles. The van der Waals surface area contributed by atoms with Crippen LogP contribution in [0, 0.1) is 0 Å². The van der Waals surface area contributed by atoms with E-state index in [9.17, 15) is 14.4 Å². The SMILES string of the molecule is O=C(c1ccccc1)c1ccc(Cc2ccc(Cc3ccc(C(=O)c4ccccc4)cc3)c(C(=O)c3ccccc3)c2)cc1. The number of hydrogen-bond acceptors (Lipinski definition) is 3. The molecule has 0 fully saturated rings. The van der Waals surface area contributed by atoms with Crippen molar-refractivity contribution in [3.63, 3.8) is 0 Å². The predicted octanol–water partition coefficient (Wildman–Crippen LogP) is 8.56. The third-order valence-corrected chi connectivity index (χ3v) is 7.76. The van der Waals surface area contributed by atoms with Gasteiger partial charge < -0.3 is 0 Å². The highest BCUT2D eigenvalue weighted by molar-refractivity contribution is 6.10. The van der Waals surface area contributed by atoms with Crippen LogP contribution in [0.15, 0.2) is 158 Å². The summed E-state index contributed by atoms with van der Waals surface area (Å²) in [6.07, 6.45) is 1.19. The van der Waals surface area contributed by atoms with E-state index < -0.39 is 0 Å². The summed E-state index contributed by atoms with van der Waals surface area (Å²) in [5.41, 5.74) is 7.91. The minimum Gasteiger partial charge on any atom is -0.289 e. The molecular formula is C41H30O3. The molecule has 0 aliphatic rings. The molecule has 0 spiro atoms. The van der Waals surface area contributed by atoms with Gasteiger partial charge in [-0.3, -0.25) is 14.4 Å². The predicted molar refractivity (Wildman–Crippen MR) is 175 cm³/mol. The van der Waals surface area contributed by atoms with Crippen molar-refractivity contribution in [2.24, 2.45) is 0 Å². The second-order valence-corrected chi connectivity index (χ2v) is 10.8. The van der Waals surface area contributed by atoms with Crippen molar-refractivity contribution in [1.29, 1.82) is 0 Å². The summed E-state index contributed by atoms with van der Waals surface area (Å²) in [5.74, 6) is -0.0456. The molecule has 0 bridgehead atoms. The normalized spacial score (nSPS) is 10.7. The summed E-state index contributed by atoms with van der Waals surface area (Å²) in [4.78, 5) is 39.4. The topological polar surface area (TPSA) is 51.2 Å². The molecule has 0 heterocycles. The third kappa shape index (κ3) is 6.53. The van der Waals surface area contributed by atoms with E-state index in [0.29, 0.717) is 46.2 Å². The molecule has 0 saturated carbocycles. The van der Waals surface area contributed by atoms with Gasteiger partial charge in [-0.25, -0.2) is 0 Å². The van der Waals surface area contributed by atoms with Crippen LogP contribution < -0.4 is 0 Å². The number of carbonyl (C=O) groups is 3. The number of hydrogen-bond donors (Lipinski definition) is 0. The third-order valence-electron chi connectivity index (χ3n) is 7.76. The van der Waals surface area contributed by atoms with Crippen molar-refractivity contribution < 1.29 is 14.4 Å². The number of rotatable bonds is 10. The van der Waals surface area contributed by atoms with Crippen LogP contribution in [0.4, 0.5) is 0 Å². The fourth-order valence-corrected chi connectivity index (χ4v) is 5.36. The Morgan fingerprint density at radius 3 is 1.16 bits per heavy atom. The fraction of sp³-hybridized carbons (Fsp3) is 0.0488. The van der Waals surface area contributed by atoms with Crippen LogP contribution in [0.5, 0.6) is 0 Å². The van der Waals surface area contributed by atoms with Crippen molar-refractivity contribution in [3.05, 3.63) is 213 Å². The zero-order chi connectivity index (χ0) is 30.3. The number of benzene rings is 6. The molecule has 0 amide bonds. The van der Waals surface area contributed by atoms with Crippen LogP contribution in [0.2, 0.25) is 0 Å². The minimum absolute atomic E-state index is 0.00490. The molecule has 0 aliphatic heterocycles. The van der Waals surface area contributed by atoms with Gasteiger partial charge in [-0.05, 0) is 41.2 Å². The van der Waals surface area contributed by atoms with Gasteiger partial charge in [0.15, 0.2) is 17.3 Å². The average molecular weight is 571 g/mol. The van der Waals surface area contributed by atoms with E-state index in [1.165, 1.54) is 0 Å². The maximum atomic E-state index is 13.7. The lowest BCUT2D eigenvalue weighted by Crippen LogP contribution is -2.08. The summed E-state index contributed by atoms with van der Waals surface area (Å²) >= 11 is 0. The van der Waals surface area contributed by atoms with Crippen LogP contribution in [0.3, 0.4) is 0 Å². The summed E-state index contributed by atoms with van der Waals surface area (Å²) in [6.45, 7) is 0. The van der Waals surface area contributed by atoms with Crippen LogP contribution in [0.1, 0.15) is 70.0 Å². The Bertz CT molecular complexity index is 1910. The molecule has 6 aromatic rings. The molecule has 0 saturated heterocycles. The van der Waals surface area contributed by atoms with Crippen molar-refractivity contribution >= 4 is 17.3 Å². The van der Waals surface area contributed by atoms with Gasteiger partial charge in [0.25, 0.3) is 0 Å². The second kappa shape index (κ2) is 13.1. The van der Waals surface area contributed by atoms with E-state index >= 15 is 0 Å². The van der Waals surface area contributed by atoms with E-state index in [1.54, 1.807) is 0 Å². The smallest absolute Gasteiger partial charge is 0.193 e. The monoisotopic (exact) mass is 570 g/mol. The van der Waals surface area contributed by atoms with Gasteiger partial charge >= 0.3 is 0 Å². The Labute approximate surface area is 257 Å². The van der Waals surface area contributed by atoms with E-state index in [-0.39, 0.29) is 17.3 Å². The Balaban J connectivity index is 1.24. The van der Waals surface area contributed by atoms with Gasteiger partial charge in [-0.15, -0.1) is 0 Å². The lowest BCUT2D eigenvalue weighted by molar-refractivity contribution is 0.103. The largest absolute Gasteiger partial charge is 0.289 e. The van der Waals surface area contributed by atoms with Crippen LogP contribution in [-0.4, -0.2) is 17.3 Å². The molecule has 0 unspecified atom stereocenters. The minimum atomic E-state index is -0.0258. The van der Waals surface area contributed by atoms with E-state index in [4.69, 9.17) is 0 Å². The first-order valence-electron chi connectivity index (χ1n) is 14.6. The summed E-state index contributed by atoms with van der Waals surface area (Å²) < 4.78 is 0. The molecule has 0 aromatic heterocycles. The fourth-order valence-electron chi connectivity index (χ4n) is 5.36. The molecule has 44 heavy (non-hydrogen) atoms. The summed E-state index contributed by atoms with van der Waals surface area (Å²) in [7, 11) is 0. The van der Waals surface area contributed by atoms with Gasteiger partial charge in [0, 0.05) is 33.4 Å². The molecule has 0 N–H and O–H groups in total. The maximum absolute atomic E-state index is 13.7. The molecule has 3 nitrogen and oxygen atoms in total.